The molecule has 0 bridgehead atoms. The fourth-order valence-electron chi connectivity index (χ4n) is 3.69. The Morgan fingerprint density at radius 1 is 1.13 bits per heavy atom. The summed E-state index contributed by atoms with van der Waals surface area (Å²) in [4.78, 5) is 40.4. The van der Waals surface area contributed by atoms with Gasteiger partial charge in [0.2, 0.25) is 17.7 Å². The zero-order valence-corrected chi connectivity index (χ0v) is 13.5. The summed E-state index contributed by atoms with van der Waals surface area (Å²) < 4.78 is 0. The van der Waals surface area contributed by atoms with Gasteiger partial charge < -0.3 is 4.90 Å². The van der Waals surface area contributed by atoms with Crippen molar-refractivity contribution < 1.29 is 14.4 Å². The minimum atomic E-state index is -0.178. The van der Waals surface area contributed by atoms with Crippen LogP contribution in [-0.2, 0) is 20.8 Å². The van der Waals surface area contributed by atoms with Crippen LogP contribution >= 0.6 is 11.3 Å². The zero-order chi connectivity index (χ0) is 16.0. The highest BCUT2D eigenvalue weighted by atomic mass is 32.1. The normalized spacial score (nSPS) is 27.3. The lowest BCUT2D eigenvalue weighted by atomic mass is 9.85. The quantitative estimate of drug-likeness (QED) is 0.623. The Morgan fingerprint density at radius 3 is 2.35 bits per heavy atom. The Bertz CT molecular complexity index is 650. The third-order valence-corrected chi connectivity index (χ3v) is 5.79. The molecule has 0 spiro atoms. The lowest BCUT2D eigenvalue weighted by molar-refractivity contribution is -0.152. The summed E-state index contributed by atoms with van der Waals surface area (Å²) in [5, 5.41) is 3.93. The van der Waals surface area contributed by atoms with E-state index in [-0.39, 0.29) is 35.6 Å². The van der Waals surface area contributed by atoms with E-state index in [2.05, 4.69) is 0 Å². The van der Waals surface area contributed by atoms with Crippen LogP contribution in [0.25, 0.3) is 0 Å². The summed E-state index contributed by atoms with van der Waals surface area (Å²) in [5.41, 5.74) is 1.02. The molecule has 2 atom stereocenters. The van der Waals surface area contributed by atoms with Crippen LogP contribution in [0.4, 0.5) is 0 Å². The number of carbonyl (C=O) groups is 3. The van der Waals surface area contributed by atoms with Crippen LogP contribution < -0.4 is 0 Å². The van der Waals surface area contributed by atoms with E-state index in [0.29, 0.717) is 32.4 Å². The molecule has 23 heavy (non-hydrogen) atoms. The topological polar surface area (TPSA) is 57.7 Å². The number of hydrogen-bond acceptors (Lipinski definition) is 4. The lowest BCUT2D eigenvalue weighted by Crippen LogP contribution is -2.62. The van der Waals surface area contributed by atoms with Gasteiger partial charge in [-0.2, -0.15) is 11.3 Å². The minimum absolute atomic E-state index is 0.0423. The minimum Gasteiger partial charge on any atom is -0.338 e. The molecule has 1 aliphatic carbocycles. The molecule has 0 saturated carbocycles. The first-order valence-electron chi connectivity index (χ1n) is 7.96. The molecule has 0 radical (unpaired) electrons. The van der Waals surface area contributed by atoms with Gasteiger partial charge in [-0.3, -0.25) is 19.3 Å². The van der Waals surface area contributed by atoms with Crippen molar-refractivity contribution in [3.05, 3.63) is 34.5 Å². The predicted octanol–water partition coefficient (Wildman–Crippen LogP) is 1.45. The van der Waals surface area contributed by atoms with Crippen LogP contribution in [0.5, 0.6) is 0 Å². The average Bonchev–Trinajstić information content (AvgIpc) is 3.09. The molecule has 2 fully saturated rings. The zero-order valence-electron chi connectivity index (χ0n) is 12.7. The molecule has 3 amide bonds. The van der Waals surface area contributed by atoms with Crippen molar-refractivity contribution in [1.29, 1.82) is 0 Å². The number of imide groups is 1. The van der Waals surface area contributed by atoms with Crippen molar-refractivity contribution in [2.45, 2.75) is 25.3 Å². The van der Waals surface area contributed by atoms with Crippen molar-refractivity contribution in [3.8, 4) is 0 Å². The number of fused-ring (bicyclic) bond motifs is 1. The summed E-state index contributed by atoms with van der Waals surface area (Å²) in [6.45, 7) is 0.959. The molecule has 1 aromatic heterocycles. The van der Waals surface area contributed by atoms with Crippen LogP contribution in [0.1, 0.15) is 18.4 Å². The molecule has 1 aromatic rings. The standard InChI is InChI=1S/C17H18N2O3S/c20-15(7-11-5-6-23-10-11)18-8-12(9-18)19-16(21)13-3-1-2-4-14(13)17(19)22/h1-2,5-6,10,12-14H,3-4,7-9H2/t13-,14-/m0/s1. The highest BCUT2D eigenvalue weighted by Crippen LogP contribution is 2.37. The van der Waals surface area contributed by atoms with Gasteiger partial charge in [-0.1, -0.05) is 12.2 Å². The van der Waals surface area contributed by atoms with E-state index in [9.17, 15) is 14.4 Å². The second kappa shape index (κ2) is 5.60. The number of thiophene rings is 1. The van der Waals surface area contributed by atoms with Crippen LogP contribution in [0, 0.1) is 11.8 Å². The van der Waals surface area contributed by atoms with Gasteiger partial charge in [-0.25, -0.2) is 0 Å². The molecule has 4 rings (SSSR count). The molecule has 2 saturated heterocycles. The number of rotatable bonds is 3. The van der Waals surface area contributed by atoms with Gasteiger partial charge in [0.15, 0.2) is 0 Å². The summed E-state index contributed by atoms with van der Waals surface area (Å²) in [5.74, 6) is -0.373. The van der Waals surface area contributed by atoms with Crippen LogP contribution in [0.3, 0.4) is 0 Å². The third-order valence-electron chi connectivity index (χ3n) is 5.06. The van der Waals surface area contributed by atoms with Crippen molar-refractivity contribution in [1.82, 2.24) is 9.80 Å². The number of allylic oxidation sites excluding steroid dienone is 2. The fraction of sp³-hybridized carbons (Fsp3) is 0.471. The highest BCUT2D eigenvalue weighted by Gasteiger charge is 2.52. The highest BCUT2D eigenvalue weighted by molar-refractivity contribution is 7.08. The maximum Gasteiger partial charge on any atom is 0.233 e. The summed E-state index contributed by atoms with van der Waals surface area (Å²) in [6.07, 6.45) is 5.71. The molecule has 0 unspecified atom stereocenters. The van der Waals surface area contributed by atoms with Gasteiger partial charge in [-0.15, -0.1) is 0 Å². The van der Waals surface area contributed by atoms with Gasteiger partial charge in [-0.05, 0) is 35.2 Å². The lowest BCUT2D eigenvalue weighted by Gasteiger charge is -2.43. The SMILES string of the molecule is O=C(Cc1ccsc1)N1CC(N2C(=O)[C@H]3CC=CC[C@@H]3C2=O)C1. The summed E-state index contributed by atoms with van der Waals surface area (Å²) in [6, 6.07) is 1.82. The van der Waals surface area contributed by atoms with Gasteiger partial charge in [0, 0.05) is 13.1 Å². The summed E-state index contributed by atoms with van der Waals surface area (Å²) >= 11 is 1.58. The molecule has 6 heteroatoms. The van der Waals surface area contributed by atoms with E-state index in [1.165, 1.54) is 4.90 Å². The van der Waals surface area contributed by atoms with Gasteiger partial charge in [0.25, 0.3) is 0 Å². The Morgan fingerprint density at radius 2 is 1.78 bits per heavy atom. The van der Waals surface area contributed by atoms with Gasteiger partial charge in [0.05, 0.1) is 24.3 Å². The van der Waals surface area contributed by atoms with Crippen molar-refractivity contribution >= 4 is 29.1 Å². The Hall–Kier alpha value is -1.95. The summed E-state index contributed by atoms with van der Waals surface area (Å²) in [7, 11) is 0. The van der Waals surface area contributed by atoms with E-state index in [1.807, 2.05) is 29.0 Å². The van der Waals surface area contributed by atoms with Gasteiger partial charge in [0.1, 0.15) is 0 Å². The van der Waals surface area contributed by atoms with Crippen LogP contribution in [0.2, 0.25) is 0 Å². The van der Waals surface area contributed by atoms with Gasteiger partial charge >= 0.3 is 0 Å². The second-order valence-corrected chi connectivity index (χ2v) is 7.24. The molecule has 5 nitrogen and oxygen atoms in total. The average molecular weight is 330 g/mol. The first-order valence-corrected chi connectivity index (χ1v) is 8.90. The number of hydrogen-bond donors (Lipinski definition) is 0. The van der Waals surface area contributed by atoms with E-state index >= 15 is 0 Å². The maximum atomic E-state index is 12.5. The van der Waals surface area contributed by atoms with E-state index in [1.54, 1.807) is 16.2 Å². The number of carbonyl (C=O) groups excluding carboxylic acids is 3. The monoisotopic (exact) mass is 330 g/mol. The second-order valence-electron chi connectivity index (χ2n) is 6.46. The van der Waals surface area contributed by atoms with Crippen LogP contribution in [-0.4, -0.2) is 46.7 Å². The number of nitrogens with zero attached hydrogens (tertiary/aromatic N) is 2. The largest absolute Gasteiger partial charge is 0.338 e. The maximum absolute atomic E-state index is 12.5. The fourth-order valence-corrected chi connectivity index (χ4v) is 4.36. The molecule has 3 aliphatic rings. The smallest absolute Gasteiger partial charge is 0.233 e. The molecular formula is C17H18N2O3S. The predicted molar refractivity (Wildman–Crippen MR) is 85.6 cm³/mol. The number of amides is 3. The first kappa shape index (κ1) is 14.6. The Kier molecular flexibility index (Phi) is 3.56. The Balaban J connectivity index is 1.37. The van der Waals surface area contributed by atoms with E-state index < -0.39 is 0 Å². The van der Waals surface area contributed by atoms with Crippen LogP contribution in [0.15, 0.2) is 29.0 Å². The van der Waals surface area contributed by atoms with E-state index in [0.717, 1.165) is 5.56 Å². The third kappa shape index (κ3) is 2.41. The molecule has 120 valence electrons. The molecular weight excluding hydrogens is 312 g/mol. The molecule has 0 aromatic carbocycles. The number of likely N-dealkylation sites (tertiary alicyclic amines) is 2. The molecule has 3 heterocycles. The first-order chi connectivity index (χ1) is 11.1. The van der Waals surface area contributed by atoms with Crippen molar-refractivity contribution in [3.63, 3.8) is 0 Å². The molecule has 0 N–H and O–H groups in total. The molecule has 2 aliphatic heterocycles. The van der Waals surface area contributed by atoms with E-state index in [4.69, 9.17) is 0 Å². The van der Waals surface area contributed by atoms with Crippen molar-refractivity contribution in [2.24, 2.45) is 11.8 Å². The Labute approximate surface area is 138 Å². The van der Waals surface area contributed by atoms with Crippen molar-refractivity contribution in [2.75, 3.05) is 13.1 Å².